The van der Waals surface area contributed by atoms with Crippen LogP contribution in [0.3, 0.4) is 0 Å². The topological polar surface area (TPSA) is 95.8 Å². The Morgan fingerprint density at radius 1 is 1.14 bits per heavy atom. The summed E-state index contributed by atoms with van der Waals surface area (Å²) in [5.74, 6) is 0.0163. The highest BCUT2D eigenvalue weighted by molar-refractivity contribution is 6.07. The van der Waals surface area contributed by atoms with Gasteiger partial charge in [0.2, 0.25) is 0 Å². The summed E-state index contributed by atoms with van der Waals surface area (Å²) in [6, 6.07) is 14.6. The molecule has 0 bridgehead atoms. The molecule has 0 saturated carbocycles. The zero-order valence-electron chi connectivity index (χ0n) is 19.9. The zero-order valence-corrected chi connectivity index (χ0v) is 19.9. The lowest BCUT2D eigenvalue weighted by Crippen LogP contribution is -2.56. The van der Waals surface area contributed by atoms with Crippen molar-refractivity contribution in [2.75, 3.05) is 19.6 Å². The number of pyridine rings is 1. The number of rotatable bonds is 7. The van der Waals surface area contributed by atoms with Crippen LogP contribution >= 0.6 is 0 Å². The smallest absolute Gasteiger partial charge is 0.325 e. The van der Waals surface area contributed by atoms with Crippen molar-refractivity contribution in [2.24, 2.45) is 5.92 Å². The molecule has 2 fully saturated rings. The Morgan fingerprint density at radius 3 is 2.63 bits per heavy atom. The number of carbonyl (C=O) groups excluding carboxylic acids is 3. The molecule has 1 atom stereocenters. The molecule has 3 aromatic rings. The van der Waals surface area contributed by atoms with Crippen LogP contribution in [0.5, 0.6) is 0 Å². The van der Waals surface area contributed by atoms with E-state index < -0.39 is 5.54 Å². The molecule has 8 heteroatoms. The van der Waals surface area contributed by atoms with Gasteiger partial charge in [0.15, 0.2) is 5.76 Å². The standard InChI is InChI=1S/C27H30N4O4/c1-2-13-27(25(33)31(26(34)29-27)17-12-21-8-5-6-14-28-21)20-10-15-30(16-11-20)24(32)23-18-19-7-3-4-9-22(19)35-23/h3-9,14,18,20H,2,10-13,15-17H2,1H3,(H,29,34). The van der Waals surface area contributed by atoms with Crippen LogP contribution in [-0.4, -0.2) is 57.8 Å². The first-order valence-electron chi connectivity index (χ1n) is 12.3. The van der Waals surface area contributed by atoms with Crippen molar-refractivity contribution < 1.29 is 18.8 Å². The largest absolute Gasteiger partial charge is 0.451 e. The third-order valence-corrected chi connectivity index (χ3v) is 7.28. The number of imide groups is 1. The van der Waals surface area contributed by atoms with E-state index in [9.17, 15) is 14.4 Å². The summed E-state index contributed by atoms with van der Waals surface area (Å²) in [6.45, 7) is 3.36. The maximum atomic E-state index is 13.6. The highest BCUT2D eigenvalue weighted by Crippen LogP contribution is 2.37. The number of hydrogen-bond acceptors (Lipinski definition) is 5. The second kappa shape index (κ2) is 9.52. The number of para-hydroxylation sites is 1. The van der Waals surface area contributed by atoms with E-state index >= 15 is 0 Å². The second-order valence-corrected chi connectivity index (χ2v) is 9.39. The van der Waals surface area contributed by atoms with Crippen LogP contribution in [0.2, 0.25) is 0 Å². The van der Waals surface area contributed by atoms with Crippen molar-refractivity contribution in [3.63, 3.8) is 0 Å². The summed E-state index contributed by atoms with van der Waals surface area (Å²) in [5.41, 5.74) is 0.626. The maximum absolute atomic E-state index is 13.6. The fourth-order valence-corrected chi connectivity index (χ4v) is 5.48. The first-order valence-corrected chi connectivity index (χ1v) is 12.3. The lowest BCUT2D eigenvalue weighted by Gasteiger charge is -2.40. The number of benzene rings is 1. The predicted molar refractivity (Wildman–Crippen MR) is 131 cm³/mol. The van der Waals surface area contributed by atoms with E-state index in [0.717, 1.165) is 17.5 Å². The van der Waals surface area contributed by atoms with Gasteiger partial charge in [-0.15, -0.1) is 0 Å². The SMILES string of the molecule is CCCC1(C2CCN(C(=O)c3cc4ccccc4o3)CC2)NC(=O)N(CCc2ccccn2)C1=O. The van der Waals surface area contributed by atoms with Crippen LogP contribution in [0, 0.1) is 5.92 Å². The number of nitrogens with zero attached hydrogens (tertiary/aromatic N) is 3. The first kappa shape index (κ1) is 23.1. The number of fused-ring (bicyclic) bond motifs is 1. The number of nitrogens with one attached hydrogen (secondary N) is 1. The highest BCUT2D eigenvalue weighted by Gasteiger charge is 2.55. The van der Waals surface area contributed by atoms with Gasteiger partial charge in [-0.05, 0) is 49.4 Å². The Labute approximate surface area is 204 Å². The number of hydrogen-bond donors (Lipinski definition) is 1. The Balaban J connectivity index is 1.27. The van der Waals surface area contributed by atoms with Gasteiger partial charge in [0, 0.05) is 43.3 Å². The Hall–Kier alpha value is -3.68. The Kier molecular flexibility index (Phi) is 6.28. The van der Waals surface area contributed by atoms with E-state index in [1.54, 1.807) is 17.2 Å². The number of aromatic nitrogens is 1. The van der Waals surface area contributed by atoms with Gasteiger partial charge >= 0.3 is 6.03 Å². The molecule has 2 aliphatic heterocycles. The molecule has 0 aliphatic carbocycles. The molecule has 35 heavy (non-hydrogen) atoms. The van der Waals surface area contributed by atoms with Gasteiger partial charge in [-0.2, -0.15) is 0 Å². The van der Waals surface area contributed by atoms with Crippen molar-refractivity contribution in [1.29, 1.82) is 0 Å². The van der Waals surface area contributed by atoms with Crippen LogP contribution in [0.25, 0.3) is 11.0 Å². The molecule has 1 N–H and O–H groups in total. The molecule has 4 amide bonds. The molecule has 5 rings (SSSR count). The van der Waals surface area contributed by atoms with E-state index in [0.29, 0.717) is 56.7 Å². The molecule has 1 unspecified atom stereocenters. The van der Waals surface area contributed by atoms with Crippen LogP contribution in [0.1, 0.15) is 48.9 Å². The lowest BCUT2D eigenvalue weighted by molar-refractivity contribution is -0.134. The highest BCUT2D eigenvalue weighted by atomic mass is 16.3. The molecule has 2 aliphatic rings. The Morgan fingerprint density at radius 2 is 1.91 bits per heavy atom. The van der Waals surface area contributed by atoms with Crippen LogP contribution in [0.15, 0.2) is 59.1 Å². The minimum atomic E-state index is -0.912. The van der Waals surface area contributed by atoms with Gasteiger partial charge in [0.05, 0.1) is 0 Å². The fourth-order valence-electron chi connectivity index (χ4n) is 5.48. The number of piperidine rings is 1. The molecular formula is C27H30N4O4. The second-order valence-electron chi connectivity index (χ2n) is 9.39. The third-order valence-electron chi connectivity index (χ3n) is 7.28. The van der Waals surface area contributed by atoms with Gasteiger partial charge in [-0.1, -0.05) is 37.6 Å². The minimum absolute atomic E-state index is 0.0292. The normalized spacial score (nSPS) is 21.1. The van der Waals surface area contributed by atoms with E-state index in [4.69, 9.17) is 4.42 Å². The molecule has 0 spiro atoms. The summed E-state index contributed by atoms with van der Waals surface area (Å²) >= 11 is 0. The fraction of sp³-hybridized carbons (Fsp3) is 0.407. The van der Waals surface area contributed by atoms with Crippen molar-refractivity contribution in [2.45, 2.75) is 44.6 Å². The quantitative estimate of drug-likeness (QED) is 0.522. The molecule has 182 valence electrons. The monoisotopic (exact) mass is 474 g/mol. The molecule has 8 nitrogen and oxygen atoms in total. The summed E-state index contributed by atoms with van der Waals surface area (Å²) in [7, 11) is 0. The van der Waals surface area contributed by atoms with Gasteiger partial charge in [0.25, 0.3) is 11.8 Å². The molecule has 0 radical (unpaired) electrons. The van der Waals surface area contributed by atoms with Gasteiger partial charge in [0.1, 0.15) is 11.1 Å². The summed E-state index contributed by atoms with van der Waals surface area (Å²) in [6.07, 6.45) is 4.88. The van der Waals surface area contributed by atoms with Crippen molar-refractivity contribution in [3.05, 3.63) is 66.2 Å². The minimum Gasteiger partial charge on any atom is -0.451 e. The van der Waals surface area contributed by atoms with Gasteiger partial charge in [-0.3, -0.25) is 19.5 Å². The molecule has 1 aromatic carbocycles. The van der Waals surface area contributed by atoms with E-state index in [1.165, 1.54) is 4.90 Å². The number of amides is 4. The van der Waals surface area contributed by atoms with Crippen LogP contribution in [0.4, 0.5) is 4.79 Å². The maximum Gasteiger partial charge on any atom is 0.325 e. The number of urea groups is 1. The summed E-state index contributed by atoms with van der Waals surface area (Å²) < 4.78 is 5.76. The molecule has 2 aromatic heterocycles. The third kappa shape index (κ3) is 4.29. The first-order chi connectivity index (χ1) is 17.0. The Bertz CT molecular complexity index is 1200. The van der Waals surface area contributed by atoms with Crippen LogP contribution < -0.4 is 5.32 Å². The predicted octanol–water partition coefficient (Wildman–Crippen LogP) is 4.01. The van der Waals surface area contributed by atoms with Crippen LogP contribution in [-0.2, 0) is 11.2 Å². The summed E-state index contributed by atoms with van der Waals surface area (Å²) in [4.78, 5) is 47.0. The number of likely N-dealkylation sites (tertiary alicyclic amines) is 1. The zero-order chi connectivity index (χ0) is 24.4. The van der Waals surface area contributed by atoms with Crippen molar-refractivity contribution in [3.8, 4) is 0 Å². The van der Waals surface area contributed by atoms with Crippen molar-refractivity contribution in [1.82, 2.24) is 20.1 Å². The number of furan rings is 1. The van der Waals surface area contributed by atoms with Gasteiger partial charge < -0.3 is 14.6 Å². The van der Waals surface area contributed by atoms with E-state index in [-0.39, 0.29) is 23.8 Å². The van der Waals surface area contributed by atoms with Crippen molar-refractivity contribution >= 4 is 28.8 Å². The number of carbonyl (C=O) groups is 3. The average Bonchev–Trinajstić information content (AvgIpc) is 3.42. The molecule has 4 heterocycles. The van der Waals surface area contributed by atoms with Gasteiger partial charge in [-0.25, -0.2) is 4.79 Å². The van der Waals surface area contributed by atoms with E-state index in [2.05, 4.69) is 10.3 Å². The average molecular weight is 475 g/mol. The lowest BCUT2D eigenvalue weighted by atomic mass is 9.74. The molecular weight excluding hydrogens is 444 g/mol. The molecule has 2 saturated heterocycles. The van der Waals surface area contributed by atoms with E-state index in [1.807, 2.05) is 49.4 Å². The summed E-state index contributed by atoms with van der Waals surface area (Å²) in [5, 5.41) is 3.96.